The molecule has 0 spiro atoms. The van der Waals surface area contributed by atoms with Gasteiger partial charge in [-0.05, 0) is 25.5 Å². The van der Waals surface area contributed by atoms with Crippen LogP contribution in [0.15, 0.2) is 48.8 Å². The van der Waals surface area contributed by atoms with Gasteiger partial charge in [0.05, 0.1) is 12.6 Å². The fourth-order valence-electron chi connectivity index (χ4n) is 2.87. The molecule has 116 valence electrons. The van der Waals surface area contributed by atoms with Gasteiger partial charge in [-0.1, -0.05) is 30.3 Å². The first-order chi connectivity index (χ1) is 10.6. The lowest BCUT2D eigenvalue weighted by atomic mass is 10.1. The minimum absolute atomic E-state index is 0.0210. The van der Waals surface area contributed by atoms with Gasteiger partial charge in [-0.15, -0.1) is 0 Å². The second-order valence-corrected chi connectivity index (χ2v) is 5.75. The number of hydrogen-bond acceptors (Lipinski definition) is 3. The molecule has 0 N–H and O–H groups in total. The van der Waals surface area contributed by atoms with Gasteiger partial charge in [0.15, 0.2) is 0 Å². The standard InChI is InChI=1S/C17H21N3O2/c1-13-11-19(17(21)14(2)20-10-6-9-18-20)12-16(22-13)15-7-4-3-5-8-15/h3-10,13-14,16H,11-12H2,1-2H3/t13-,14-,16+/m1/s1. The summed E-state index contributed by atoms with van der Waals surface area (Å²) >= 11 is 0. The third-order valence-electron chi connectivity index (χ3n) is 4.02. The second kappa shape index (κ2) is 6.32. The maximum Gasteiger partial charge on any atom is 0.247 e. The number of morpholine rings is 1. The number of ether oxygens (including phenoxy) is 1. The Labute approximate surface area is 130 Å². The summed E-state index contributed by atoms with van der Waals surface area (Å²) in [5.41, 5.74) is 1.11. The summed E-state index contributed by atoms with van der Waals surface area (Å²) in [7, 11) is 0. The Balaban J connectivity index is 1.75. The SMILES string of the molecule is C[C@@H]1CN(C(=O)[C@@H](C)n2cccn2)C[C@@H](c2ccccc2)O1. The number of benzene rings is 1. The van der Waals surface area contributed by atoms with Gasteiger partial charge in [0, 0.05) is 18.9 Å². The molecule has 1 aromatic heterocycles. The van der Waals surface area contributed by atoms with E-state index in [2.05, 4.69) is 5.10 Å². The molecule has 5 nitrogen and oxygen atoms in total. The molecule has 0 radical (unpaired) electrons. The molecule has 0 unspecified atom stereocenters. The summed E-state index contributed by atoms with van der Waals surface area (Å²) in [5.74, 6) is 0.0831. The molecule has 3 rings (SSSR count). The number of carbonyl (C=O) groups is 1. The van der Waals surface area contributed by atoms with E-state index in [1.54, 1.807) is 10.9 Å². The van der Waals surface area contributed by atoms with Crippen LogP contribution in [0.5, 0.6) is 0 Å². The number of aromatic nitrogens is 2. The lowest BCUT2D eigenvalue weighted by molar-refractivity contribution is -0.148. The van der Waals surface area contributed by atoms with Gasteiger partial charge >= 0.3 is 0 Å². The zero-order valence-corrected chi connectivity index (χ0v) is 12.9. The summed E-state index contributed by atoms with van der Waals surface area (Å²) in [4.78, 5) is 14.6. The molecule has 1 aliphatic heterocycles. The maximum atomic E-state index is 12.7. The smallest absolute Gasteiger partial charge is 0.247 e. The Kier molecular flexibility index (Phi) is 4.24. The highest BCUT2D eigenvalue weighted by molar-refractivity contribution is 5.80. The maximum absolute atomic E-state index is 12.7. The molecule has 1 fully saturated rings. The number of amides is 1. The molecule has 2 aromatic rings. The predicted octanol–water partition coefficient (Wildman–Crippen LogP) is 2.43. The molecular formula is C17H21N3O2. The first kappa shape index (κ1) is 14.8. The van der Waals surface area contributed by atoms with Crippen molar-refractivity contribution < 1.29 is 9.53 Å². The van der Waals surface area contributed by atoms with Gasteiger partial charge < -0.3 is 9.64 Å². The van der Waals surface area contributed by atoms with E-state index >= 15 is 0 Å². The van der Waals surface area contributed by atoms with Gasteiger partial charge in [0.1, 0.15) is 12.1 Å². The summed E-state index contributed by atoms with van der Waals surface area (Å²) < 4.78 is 7.70. The van der Waals surface area contributed by atoms with E-state index in [4.69, 9.17) is 4.74 Å². The van der Waals surface area contributed by atoms with Gasteiger partial charge in [-0.3, -0.25) is 9.48 Å². The summed E-state index contributed by atoms with van der Waals surface area (Å²) in [6.07, 6.45) is 3.46. The Hall–Kier alpha value is -2.14. The fourth-order valence-corrected chi connectivity index (χ4v) is 2.87. The Morgan fingerprint density at radius 3 is 2.73 bits per heavy atom. The molecule has 0 aliphatic carbocycles. The first-order valence-electron chi connectivity index (χ1n) is 7.63. The molecule has 0 bridgehead atoms. The summed E-state index contributed by atoms with van der Waals surface area (Å²) in [6.45, 7) is 5.09. The Morgan fingerprint density at radius 2 is 2.05 bits per heavy atom. The van der Waals surface area contributed by atoms with Crippen LogP contribution in [0, 0.1) is 0 Å². The number of nitrogens with zero attached hydrogens (tertiary/aromatic N) is 3. The summed E-state index contributed by atoms with van der Waals surface area (Å²) in [5, 5.41) is 4.17. The van der Waals surface area contributed by atoms with Crippen molar-refractivity contribution in [2.24, 2.45) is 0 Å². The zero-order valence-electron chi connectivity index (χ0n) is 12.9. The normalized spacial score (nSPS) is 23.3. The van der Waals surface area contributed by atoms with Crippen LogP contribution in [0.25, 0.3) is 0 Å². The highest BCUT2D eigenvalue weighted by Gasteiger charge is 2.31. The van der Waals surface area contributed by atoms with Crippen LogP contribution in [0.2, 0.25) is 0 Å². The lowest BCUT2D eigenvalue weighted by Gasteiger charge is -2.38. The molecular weight excluding hydrogens is 278 g/mol. The lowest BCUT2D eigenvalue weighted by Crippen LogP contribution is -2.48. The minimum Gasteiger partial charge on any atom is -0.367 e. The van der Waals surface area contributed by atoms with Crippen LogP contribution in [0.3, 0.4) is 0 Å². The van der Waals surface area contributed by atoms with Gasteiger partial charge in [-0.25, -0.2) is 0 Å². The quantitative estimate of drug-likeness (QED) is 0.874. The number of hydrogen-bond donors (Lipinski definition) is 0. The van der Waals surface area contributed by atoms with E-state index in [1.807, 2.05) is 61.3 Å². The topological polar surface area (TPSA) is 47.4 Å². The number of carbonyl (C=O) groups excluding carboxylic acids is 1. The van der Waals surface area contributed by atoms with Crippen molar-refractivity contribution in [1.29, 1.82) is 0 Å². The second-order valence-electron chi connectivity index (χ2n) is 5.75. The number of rotatable bonds is 3. The molecule has 5 heteroatoms. The van der Waals surface area contributed by atoms with Crippen LogP contribution in [-0.2, 0) is 9.53 Å². The molecule has 2 heterocycles. The van der Waals surface area contributed by atoms with Crippen molar-refractivity contribution in [3.8, 4) is 0 Å². The van der Waals surface area contributed by atoms with Crippen molar-refractivity contribution in [2.45, 2.75) is 32.1 Å². The van der Waals surface area contributed by atoms with E-state index < -0.39 is 0 Å². The monoisotopic (exact) mass is 299 g/mol. The average Bonchev–Trinajstić information content (AvgIpc) is 3.08. The van der Waals surface area contributed by atoms with Gasteiger partial charge in [0.25, 0.3) is 0 Å². The Bertz CT molecular complexity index is 612. The molecule has 0 saturated carbocycles. The molecule has 1 aliphatic rings. The van der Waals surface area contributed by atoms with Crippen LogP contribution in [-0.4, -0.2) is 39.8 Å². The van der Waals surface area contributed by atoms with E-state index in [0.29, 0.717) is 13.1 Å². The van der Waals surface area contributed by atoms with E-state index in [-0.39, 0.29) is 24.2 Å². The highest BCUT2D eigenvalue weighted by atomic mass is 16.5. The average molecular weight is 299 g/mol. The van der Waals surface area contributed by atoms with Gasteiger partial charge in [-0.2, -0.15) is 5.10 Å². The van der Waals surface area contributed by atoms with E-state index in [1.165, 1.54) is 0 Å². The van der Waals surface area contributed by atoms with Crippen molar-refractivity contribution in [2.75, 3.05) is 13.1 Å². The van der Waals surface area contributed by atoms with Crippen molar-refractivity contribution >= 4 is 5.91 Å². The fraction of sp³-hybridized carbons (Fsp3) is 0.412. The van der Waals surface area contributed by atoms with Crippen LogP contribution < -0.4 is 0 Å². The van der Waals surface area contributed by atoms with Crippen molar-refractivity contribution in [1.82, 2.24) is 14.7 Å². The molecule has 22 heavy (non-hydrogen) atoms. The highest BCUT2D eigenvalue weighted by Crippen LogP contribution is 2.26. The van der Waals surface area contributed by atoms with E-state index in [9.17, 15) is 4.79 Å². The first-order valence-corrected chi connectivity index (χ1v) is 7.63. The third kappa shape index (κ3) is 3.04. The zero-order chi connectivity index (χ0) is 15.5. The molecule has 1 aromatic carbocycles. The van der Waals surface area contributed by atoms with Crippen LogP contribution in [0.1, 0.15) is 31.6 Å². The predicted molar refractivity (Wildman–Crippen MR) is 83.2 cm³/mol. The largest absolute Gasteiger partial charge is 0.367 e. The van der Waals surface area contributed by atoms with Crippen molar-refractivity contribution in [3.05, 3.63) is 54.4 Å². The molecule has 3 atom stereocenters. The molecule has 1 amide bonds. The van der Waals surface area contributed by atoms with Crippen LogP contribution in [0.4, 0.5) is 0 Å². The summed E-state index contributed by atoms with van der Waals surface area (Å²) in [6, 6.07) is 11.6. The molecule has 1 saturated heterocycles. The Morgan fingerprint density at radius 1 is 1.27 bits per heavy atom. The van der Waals surface area contributed by atoms with Gasteiger partial charge in [0.2, 0.25) is 5.91 Å². The van der Waals surface area contributed by atoms with E-state index in [0.717, 1.165) is 5.56 Å². The minimum atomic E-state index is -0.295. The van der Waals surface area contributed by atoms with Crippen molar-refractivity contribution in [3.63, 3.8) is 0 Å². The van der Waals surface area contributed by atoms with Crippen LogP contribution >= 0.6 is 0 Å². The third-order valence-corrected chi connectivity index (χ3v) is 4.02.